The molecule has 0 unspecified atom stereocenters. The van der Waals surface area contributed by atoms with Crippen LogP contribution < -0.4 is 11.2 Å². The number of hydrazone groups is 1. The Labute approximate surface area is 116 Å². The van der Waals surface area contributed by atoms with Crippen molar-refractivity contribution in [2.75, 3.05) is 5.43 Å². The van der Waals surface area contributed by atoms with Crippen LogP contribution in [0.15, 0.2) is 23.3 Å². The van der Waals surface area contributed by atoms with Crippen LogP contribution in [-0.2, 0) is 0 Å². The summed E-state index contributed by atoms with van der Waals surface area (Å²) < 4.78 is 0.622. The molecular weight excluding hydrogens is 349 g/mol. The van der Waals surface area contributed by atoms with E-state index in [2.05, 4.69) is 10.5 Å². The van der Waals surface area contributed by atoms with Crippen LogP contribution in [0.5, 0.6) is 0 Å². The Morgan fingerprint density at radius 2 is 2.28 bits per heavy atom. The highest BCUT2D eigenvalue weighted by molar-refractivity contribution is 14.1. The number of halogens is 1. The minimum atomic E-state index is -1.02. The number of hydrogen-bond acceptors (Lipinski definition) is 5. The summed E-state index contributed by atoms with van der Waals surface area (Å²) in [5, 5.41) is 28.1. The van der Waals surface area contributed by atoms with E-state index in [4.69, 9.17) is 21.5 Å². The van der Waals surface area contributed by atoms with E-state index in [0.29, 0.717) is 9.26 Å². The lowest BCUT2D eigenvalue weighted by atomic mass is 10.2. The molecule has 0 aliphatic heterocycles. The van der Waals surface area contributed by atoms with E-state index in [-0.39, 0.29) is 11.3 Å². The van der Waals surface area contributed by atoms with Gasteiger partial charge in [-0.15, -0.1) is 0 Å². The van der Waals surface area contributed by atoms with Crippen molar-refractivity contribution in [1.29, 1.82) is 10.7 Å². The molecule has 0 radical (unpaired) electrons. The number of carboxylic acid groups (broad SMARTS) is 1. The van der Waals surface area contributed by atoms with Gasteiger partial charge in [-0.25, -0.2) is 4.79 Å². The van der Waals surface area contributed by atoms with Crippen LogP contribution in [0.3, 0.4) is 0 Å². The van der Waals surface area contributed by atoms with Crippen molar-refractivity contribution in [2.45, 2.75) is 0 Å². The fraction of sp³-hybridized carbons (Fsp3) is 0. The number of hydrogen-bond donors (Lipinski definition) is 4. The summed E-state index contributed by atoms with van der Waals surface area (Å²) in [5.74, 6) is -1.47. The number of anilines is 1. The number of rotatable bonds is 4. The molecule has 0 bridgehead atoms. The number of nitriles is 1. The molecule has 0 fully saturated rings. The Hall–Kier alpha value is -2.15. The predicted octanol–water partition coefficient (Wildman–Crippen LogP) is 1.22. The molecule has 0 heterocycles. The lowest BCUT2D eigenvalue weighted by molar-refractivity contribution is 0.0697. The molecule has 0 aliphatic carbocycles. The molecule has 7 nitrogen and oxygen atoms in total. The quantitative estimate of drug-likeness (QED) is 0.278. The maximum absolute atomic E-state index is 10.7. The Bertz CT molecular complexity index is 576. The van der Waals surface area contributed by atoms with E-state index in [9.17, 15) is 4.79 Å². The van der Waals surface area contributed by atoms with Crippen LogP contribution in [0.25, 0.3) is 0 Å². The molecule has 5 N–H and O–H groups in total. The number of aromatic carboxylic acids is 1. The van der Waals surface area contributed by atoms with Crippen molar-refractivity contribution >= 4 is 45.8 Å². The van der Waals surface area contributed by atoms with Crippen molar-refractivity contribution in [1.82, 2.24) is 0 Å². The summed E-state index contributed by atoms with van der Waals surface area (Å²) >= 11 is 1.93. The average Bonchev–Trinajstić information content (AvgIpc) is 2.30. The zero-order chi connectivity index (χ0) is 13.7. The molecule has 0 aromatic heterocycles. The van der Waals surface area contributed by atoms with Gasteiger partial charge in [0.15, 0.2) is 5.84 Å². The van der Waals surface area contributed by atoms with Crippen LogP contribution in [-0.4, -0.2) is 22.6 Å². The maximum Gasteiger partial charge on any atom is 0.335 e. The molecule has 1 aromatic rings. The van der Waals surface area contributed by atoms with Gasteiger partial charge < -0.3 is 10.8 Å². The summed E-state index contributed by atoms with van der Waals surface area (Å²) in [5.41, 5.74) is 8.11. The normalized spacial score (nSPS) is 10.6. The third-order valence-corrected chi connectivity index (χ3v) is 2.76. The van der Waals surface area contributed by atoms with Gasteiger partial charge >= 0.3 is 5.97 Å². The minimum absolute atomic E-state index is 0.154. The third-order valence-electron chi connectivity index (χ3n) is 1.87. The maximum atomic E-state index is 10.7. The Morgan fingerprint density at radius 3 is 2.72 bits per heavy atom. The SMILES string of the molecule is N#C/C(=N\Nc1ccc(C(=O)O)cc1I)C(=N)N. The second-order valence-electron chi connectivity index (χ2n) is 3.10. The van der Waals surface area contributed by atoms with Crippen LogP contribution in [0.1, 0.15) is 10.4 Å². The monoisotopic (exact) mass is 357 g/mol. The summed E-state index contributed by atoms with van der Waals surface area (Å²) in [6.07, 6.45) is 0. The van der Waals surface area contributed by atoms with Crippen molar-refractivity contribution in [3.05, 3.63) is 27.3 Å². The van der Waals surface area contributed by atoms with Gasteiger partial charge in [0.1, 0.15) is 6.07 Å². The van der Waals surface area contributed by atoms with Gasteiger partial charge in [0.25, 0.3) is 0 Å². The van der Waals surface area contributed by atoms with Gasteiger partial charge in [0.2, 0.25) is 5.71 Å². The second-order valence-corrected chi connectivity index (χ2v) is 4.26. The molecule has 0 atom stereocenters. The molecule has 18 heavy (non-hydrogen) atoms. The first-order chi connectivity index (χ1) is 8.45. The standard InChI is InChI=1S/C10H8IN5O2/c11-6-3-5(10(17)18)1-2-7(6)15-16-8(4-12)9(13)14/h1-3,15H,(H3,13,14)(H,17,18)/b16-8+. The number of benzene rings is 1. The van der Waals surface area contributed by atoms with Gasteiger partial charge in [-0.3, -0.25) is 10.8 Å². The number of nitrogens with two attached hydrogens (primary N) is 1. The van der Waals surface area contributed by atoms with Gasteiger partial charge in [-0.1, -0.05) is 0 Å². The number of carboxylic acids is 1. The molecule has 0 spiro atoms. The predicted molar refractivity (Wildman–Crippen MR) is 74.7 cm³/mol. The van der Waals surface area contributed by atoms with Gasteiger partial charge in [0, 0.05) is 3.57 Å². The summed E-state index contributed by atoms with van der Waals surface area (Å²) in [6, 6.07) is 6.04. The van der Waals surface area contributed by atoms with E-state index >= 15 is 0 Å². The molecule has 1 rings (SSSR count). The smallest absolute Gasteiger partial charge is 0.335 e. The largest absolute Gasteiger partial charge is 0.478 e. The molecule has 0 saturated carbocycles. The number of carbonyl (C=O) groups is 1. The summed E-state index contributed by atoms with van der Waals surface area (Å²) in [6.45, 7) is 0. The lowest BCUT2D eigenvalue weighted by Gasteiger charge is -2.05. The first-order valence-corrected chi connectivity index (χ1v) is 5.64. The first-order valence-electron chi connectivity index (χ1n) is 4.56. The van der Waals surface area contributed by atoms with Gasteiger partial charge in [0.05, 0.1) is 11.3 Å². The summed E-state index contributed by atoms with van der Waals surface area (Å²) in [7, 11) is 0. The van der Waals surface area contributed by atoms with E-state index in [1.54, 1.807) is 6.07 Å². The number of amidine groups is 1. The van der Waals surface area contributed by atoms with E-state index in [1.807, 2.05) is 22.6 Å². The molecular formula is C10H8IN5O2. The Kier molecular flexibility index (Phi) is 4.61. The van der Waals surface area contributed by atoms with Crippen molar-refractivity contribution in [3.63, 3.8) is 0 Å². The van der Waals surface area contributed by atoms with Crippen LogP contribution in [0, 0.1) is 20.3 Å². The molecule has 0 aliphatic rings. The minimum Gasteiger partial charge on any atom is -0.478 e. The van der Waals surface area contributed by atoms with Gasteiger partial charge in [-0.2, -0.15) is 10.4 Å². The molecule has 92 valence electrons. The number of nitrogens with zero attached hydrogens (tertiary/aromatic N) is 2. The van der Waals surface area contributed by atoms with E-state index in [1.165, 1.54) is 18.2 Å². The zero-order valence-corrected chi connectivity index (χ0v) is 11.1. The Balaban J connectivity index is 2.97. The highest BCUT2D eigenvalue weighted by Gasteiger charge is 2.07. The number of nitrogens with one attached hydrogen (secondary N) is 2. The van der Waals surface area contributed by atoms with Crippen molar-refractivity contribution in [2.24, 2.45) is 10.8 Å². The van der Waals surface area contributed by atoms with Crippen LogP contribution >= 0.6 is 22.6 Å². The average molecular weight is 357 g/mol. The molecule has 0 saturated heterocycles. The van der Waals surface area contributed by atoms with E-state index < -0.39 is 11.8 Å². The van der Waals surface area contributed by atoms with Gasteiger partial charge in [-0.05, 0) is 40.8 Å². The highest BCUT2D eigenvalue weighted by Crippen LogP contribution is 2.19. The summed E-state index contributed by atoms with van der Waals surface area (Å²) in [4.78, 5) is 10.7. The van der Waals surface area contributed by atoms with Crippen LogP contribution in [0.2, 0.25) is 0 Å². The van der Waals surface area contributed by atoms with E-state index in [0.717, 1.165) is 0 Å². The molecule has 0 amide bonds. The molecule has 1 aromatic carbocycles. The highest BCUT2D eigenvalue weighted by atomic mass is 127. The van der Waals surface area contributed by atoms with Crippen molar-refractivity contribution < 1.29 is 9.90 Å². The third kappa shape index (κ3) is 3.42. The fourth-order valence-electron chi connectivity index (χ4n) is 1.00. The first kappa shape index (κ1) is 13.9. The second kappa shape index (κ2) is 5.97. The van der Waals surface area contributed by atoms with Crippen molar-refractivity contribution in [3.8, 4) is 6.07 Å². The topological polar surface area (TPSA) is 135 Å². The molecule has 8 heteroatoms. The lowest BCUT2D eigenvalue weighted by Crippen LogP contribution is -2.22. The van der Waals surface area contributed by atoms with Crippen LogP contribution in [0.4, 0.5) is 5.69 Å². The Morgan fingerprint density at radius 1 is 1.61 bits per heavy atom. The fourth-order valence-corrected chi connectivity index (χ4v) is 1.64. The zero-order valence-electron chi connectivity index (χ0n) is 8.94.